The Morgan fingerprint density at radius 2 is 1.78 bits per heavy atom. The lowest BCUT2D eigenvalue weighted by Crippen LogP contribution is -2.31. The monoisotopic (exact) mass is 434 g/mol. The lowest BCUT2D eigenvalue weighted by Gasteiger charge is -2.18. The molecule has 0 aliphatic heterocycles. The quantitative estimate of drug-likeness (QED) is 0.152. The molecule has 10 nitrogen and oxygen atoms in total. The van der Waals surface area contributed by atoms with Gasteiger partial charge in [0.2, 0.25) is 0 Å². The number of amidine groups is 1. The lowest BCUT2D eigenvalue weighted by atomic mass is 10.0. The number of ether oxygens (including phenoxy) is 1. The van der Waals surface area contributed by atoms with Crippen molar-refractivity contribution in [2.24, 2.45) is 16.8 Å². The number of nitrogens with one attached hydrogen (secondary N) is 2. The summed E-state index contributed by atoms with van der Waals surface area (Å²) in [7, 11) is 0. The number of anilines is 2. The van der Waals surface area contributed by atoms with Crippen LogP contribution in [0.2, 0.25) is 0 Å². The van der Waals surface area contributed by atoms with E-state index in [1.807, 2.05) is 42.5 Å². The Hall–Kier alpha value is -4.05. The van der Waals surface area contributed by atoms with Crippen molar-refractivity contribution in [3.05, 3.63) is 58.4 Å². The van der Waals surface area contributed by atoms with Crippen LogP contribution in [0.1, 0.15) is 31.2 Å². The number of nitrogen functional groups attached to an aromatic ring is 2. The van der Waals surface area contributed by atoms with Crippen LogP contribution in [0, 0.1) is 0 Å². The molecule has 32 heavy (non-hydrogen) atoms. The second kappa shape index (κ2) is 8.98. The molecule has 1 heterocycles. The van der Waals surface area contributed by atoms with Crippen LogP contribution in [0.5, 0.6) is 5.75 Å². The third-order valence-electron chi connectivity index (χ3n) is 5.57. The summed E-state index contributed by atoms with van der Waals surface area (Å²) in [6, 6.07) is 13.3. The fourth-order valence-electron chi connectivity index (χ4n) is 3.82. The summed E-state index contributed by atoms with van der Waals surface area (Å²) < 4.78 is 6.33. The maximum Gasteiger partial charge on any atom is 0.276 e. The summed E-state index contributed by atoms with van der Waals surface area (Å²) >= 11 is 0. The summed E-state index contributed by atoms with van der Waals surface area (Å²) in [5.41, 5.74) is 16.7. The summed E-state index contributed by atoms with van der Waals surface area (Å²) in [5.74, 6) is 12.1. The van der Waals surface area contributed by atoms with E-state index in [9.17, 15) is 4.79 Å². The minimum atomic E-state index is -0.482. The van der Waals surface area contributed by atoms with Crippen molar-refractivity contribution >= 4 is 17.3 Å². The van der Waals surface area contributed by atoms with E-state index in [1.54, 1.807) is 0 Å². The predicted octanol–water partition coefficient (Wildman–Crippen LogP) is 1.67. The zero-order chi connectivity index (χ0) is 22.7. The van der Waals surface area contributed by atoms with Crippen LogP contribution in [0.4, 0.5) is 11.5 Å². The molecule has 3 aromatic rings. The van der Waals surface area contributed by atoms with E-state index in [0.717, 1.165) is 42.4 Å². The van der Waals surface area contributed by atoms with Crippen LogP contribution in [-0.2, 0) is 0 Å². The number of hydrazine groups is 1. The molecular formula is C22H26N8O2. The topological polar surface area (TPSA) is 183 Å². The van der Waals surface area contributed by atoms with Crippen LogP contribution in [0.15, 0.2) is 52.4 Å². The van der Waals surface area contributed by atoms with Crippen molar-refractivity contribution in [1.29, 1.82) is 0 Å². The largest absolute Gasteiger partial charge is 0.490 e. The van der Waals surface area contributed by atoms with Crippen molar-refractivity contribution < 1.29 is 4.74 Å². The zero-order valence-electron chi connectivity index (χ0n) is 17.5. The fourth-order valence-corrected chi connectivity index (χ4v) is 3.82. The Morgan fingerprint density at radius 1 is 1.09 bits per heavy atom. The van der Waals surface area contributed by atoms with Crippen molar-refractivity contribution in [1.82, 2.24) is 15.4 Å². The number of aromatic amines is 1. The van der Waals surface area contributed by atoms with Crippen molar-refractivity contribution in [2.75, 3.05) is 11.5 Å². The molecule has 1 saturated carbocycles. The highest BCUT2D eigenvalue weighted by Crippen LogP contribution is 2.35. The molecule has 1 aliphatic carbocycles. The summed E-state index contributed by atoms with van der Waals surface area (Å²) in [6.07, 6.45) is 4.35. The third kappa shape index (κ3) is 4.21. The SMILES string of the molecule is N/N=C(\NN)c1ccc(-c2ccc(-c3nc(N)c(N)c(=O)[nH]3)c(OC3CCCC3)c2)cc1. The first-order valence-corrected chi connectivity index (χ1v) is 10.3. The third-order valence-corrected chi connectivity index (χ3v) is 5.57. The van der Waals surface area contributed by atoms with E-state index < -0.39 is 5.56 Å². The van der Waals surface area contributed by atoms with Crippen molar-refractivity contribution in [3.8, 4) is 28.3 Å². The van der Waals surface area contributed by atoms with Crippen LogP contribution in [0.3, 0.4) is 0 Å². The summed E-state index contributed by atoms with van der Waals surface area (Å²) in [6.45, 7) is 0. The number of benzene rings is 2. The van der Waals surface area contributed by atoms with E-state index >= 15 is 0 Å². The molecule has 1 fully saturated rings. The minimum Gasteiger partial charge on any atom is -0.490 e. The Balaban J connectivity index is 1.75. The van der Waals surface area contributed by atoms with Gasteiger partial charge in [0, 0.05) is 5.56 Å². The maximum atomic E-state index is 12.1. The molecule has 0 radical (unpaired) electrons. The van der Waals surface area contributed by atoms with Crippen molar-refractivity contribution in [3.63, 3.8) is 0 Å². The summed E-state index contributed by atoms with van der Waals surface area (Å²) in [5, 5.41) is 3.62. The molecule has 10 N–H and O–H groups in total. The van der Waals surface area contributed by atoms with Gasteiger partial charge in [-0.05, 0) is 48.9 Å². The van der Waals surface area contributed by atoms with Crippen LogP contribution >= 0.6 is 0 Å². The van der Waals surface area contributed by atoms with Gasteiger partial charge >= 0.3 is 0 Å². The van der Waals surface area contributed by atoms with Gasteiger partial charge in [0.05, 0.1) is 11.7 Å². The number of rotatable bonds is 5. The van der Waals surface area contributed by atoms with Gasteiger partial charge in [0.1, 0.15) is 17.3 Å². The minimum absolute atomic E-state index is 0.0129. The number of aromatic nitrogens is 2. The maximum absolute atomic E-state index is 12.1. The molecule has 0 bridgehead atoms. The van der Waals surface area contributed by atoms with Gasteiger partial charge in [0.15, 0.2) is 11.7 Å². The van der Waals surface area contributed by atoms with E-state index in [1.165, 1.54) is 0 Å². The molecule has 1 aliphatic rings. The van der Waals surface area contributed by atoms with E-state index in [0.29, 0.717) is 23.0 Å². The Kier molecular flexibility index (Phi) is 5.95. The van der Waals surface area contributed by atoms with Gasteiger partial charge < -0.3 is 32.5 Å². The lowest BCUT2D eigenvalue weighted by molar-refractivity contribution is 0.211. The van der Waals surface area contributed by atoms with E-state index in [-0.39, 0.29) is 17.6 Å². The second-order valence-electron chi connectivity index (χ2n) is 7.65. The molecular weight excluding hydrogens is 408 g/mol. The highest BCUT2D eigenvalue weighted by atomic mass is 16.5. The molecule has 0 unspecified atom stereocenters. The zero-order valence-corrected chi connectivity index (χ0v) is 17.5. The molecule has 0 atom stereocenters. The Bertz CT molecular complexity index is 1200. The fraction of sp³-hybridized carbons (Fsp3) is 0.227. The standard InChI is InChI=1S/C22H26N8O2/c23-18-19(24)27-21(28-22(18)31)16-10-9-14(11-17(16)32-15-3-1-2-4-15)12-5-7-13(8-6-12)20(29-25)30-26/h5-11,15H,1-4,23,25-26H2,(H,29,30)(H3,24,27,28,31). The molecule has 4 rings (SSSR count). The first-order valence-electron chi connectivity index (χ1n) is 10.3. The predicted molar refractivity (Wildman–Crippen MR) is 125 cm³/mol. The number of hydrogen-bond donors (Lipinski definition) is 6. The summed E-state index contributed by atoms with van der Waals surface area (Å²) in [4.78, 5) is 19.1. The number of H-pyrrole nitrogens is 1. The second-order valence-corrected chi connectivity index (χ2v) is 7.65. The molecule has 0 spiro atoms. The number of hydrogen-bond acceptors (Lipinski definition) is 8. The Labute approximate surface area is 184 Å². The molecule has 0 amide bonds. The van der Waals surface area contributed by atoms with Crippen LogP contribution in [-0.4, -0.2) is 21.9 Å². The average molecular weight is 435 g/mol. The van der Waals surface area contributed by atoms with Crippen LogP contribution in [0.25, 0.3) is 22.5 Å². The number of nitrogens with two attached hydrogens (primary N) is 4. The average Bonchev–Trinajstić information content (AvgIpc) is 3.31. The number of nitrogens with zero attached hydrogens (tertiary/aromatic N) is 2. The molecule has 10 heteroatoms. The van der Waals surface area contributed by atoms with Gasteiger partial charge in [-0.3, -0.25) is 4.79 Å². The van der Waals surface area contributed by atoms with E-state index in [2.05, 4.69) is 20.5 Å². The van der Waals surface area contributed by atoms with Crippen LogP contribution < -0.4 is 38.9 Å². The highest BCUT2D eigenvalue weighted by Gasteiger charge is 2.20. The van der Waals surface area contributed by atoms with Gasteiger partial charge in [-0.2, -0.15) is 5.10 Å². The Morgan fingerprint density at radius 3 is 2.41 bits per heavy atom. The molecule has 166 valence electrons. The van der Waals surface area contributed by atoms with Crippen molar-refractivity contribution in [2.45, 2.75) is 31.8 Å². The highest BCUT2D eigenvalue weighted by molar-refractivity contribution is 5.98. The van der Waals surface area contributed by atoms with Gasteiger partial charge in [-0.15, -0.1) is 0 Å². The molecule has 0 saturated heterocycles. The van der Waals surface area contributed by atoms with E-state index in [4.69, 9.17) is 27.9 Å². The van der Waals surface area contributed by atoms with Gasteiger partial charge in [-0.1, -0.05) is 30.3 Å². The van der Waals surface area contributed by atoms with Gasteiger partial charge in [0.25, 0.3) is 5.56 Å². The normalized spacial score (nSPS) is 14.5. The first kappa shape index (κ1) is 21.2. The number of hydrazone groups is 1. The molecule has 1 aromatic heterocycles. The smallest absolute Gasteiger partial charge is 0.276 e. The van der Waals surface area contributed by atoms with Gasteiger partial charge in [-0.25, -0.2) is 10.8 Å². The molecule has 2 aromatic carbocycles. The first-order chi connectivity index (χ1) is 15.5.